The Bertz CT molecular complexity index is 1120. The number of aryl methyl sites for hydroxylation is 1. The monoisotopic (exact) mass is 493 g/mol. The van der Waals surface area contributed by atoms with E-state index in [4.69, 9.17) is 26.4 Å². The van der Waals surface area contributed by atoms with Gasteiger partial charge < -0.3 is 14.2 Å². The number of hydrogen-bond acceptors (Lipinski definition) is 6. The van der Waals surface area contributed by atoms with Gasteiger partial charge in [0.2, 0.25) is 0 Å². The Kier molecular flexibility index (Phi) is 9.89. The van der Waals surface area contributed by atoms with Gasteiger partial charge in [0.05, 0.1) is 5.56 Å². The third-order valence-corrected chi connectivity index (χ3v) is 4.93. The summed E-state index contributed by atoms with van der Waals surface area (Å²) < 4.78 is 16.7. The lowest BCUT2D eigenvalue weighted by molar-refractivity contribution is -0.123. The van der Waals surface area contributed by atoms with Crippen LogP contribution in [0.15, 0.2) is 78.9 Å². The fraction of sp³-hybridized carbons (Fsp3) is 0.192. The van der Waals surface area contributed by atoms with E-state index in [0.717, 1.165) is 12.2 Å². The van der Waals surface area contributed by atoms with Crippen LogP contribution in [0.2, 0.25) is 0 Å². The van der Waals surface area contributed by atoms with Crippen LogP contribution in [-0.2, 0) is 11.2 Å². The van der Waals surface area contributed by atoms with Crippen molar-refractivity contribution < 1.29 is 23.8 Å². The molecule has 0 spiro atoms. The molecule has 3 rings (SSSR count). The van der Waals surface area contributed by atoms with Crippen LogP contribution in [0.4, 0.5) is 0 Å². The molecular formula is C26H27N3O5S. The third-order valence-electron chi connectivity index (χ3n) is 4.73. The second-order valence-corrected chi connectivity index (χ2v) is 7.66. The summed E-state index contributed by atoms with van der Waals surface area (Å²) >= 11 is 5.10. The van der Waals surface area contributed by atoms with Crippen molar-refractivity contribution in [2.75, 3.05) is 19.8 Å². The van der Waals surface area contributed by atoms with Crippen molar-refractivity contribution in [1.82, 2.24) is 16.2 Å². The molecule has 182 valence electrons. The fourth-order valence-corrected chi connectivity index (χ4v) is 3.09. The highest BCUT2D eigenvalue weighted by Crippen LogP contribution is 2.18. The Hall–Kier alpha value is -4.11. The molecule has 0 saturated carbocycles. The number of hydrazine groups is 1. The Morgan fingerprint density at radius 1 is 0.771 bits per heavy atom. The van der Waals surface area contributed by atoms with Crippen LogP contribution < -0.4 is 30.4 Å². The summed E-state index contributed by atoms with van der Waals surface area (Å²) in [6, 6.07) is 23.6. The predicted molar refractivity (Wildman–Crippen MR) is 137 cm³/mol. The van der Waals surface area contributed by atoms with Gasteiger partial charge in [0.15, 0.2) is 11.7 Å². The first-order valence-electron chi connectivity index (χ1n) is 11.1. The van der Waals surface area contributed by atoms with E-state index in [1.807, 2.05) is 42.5 Å². The maximum atomic E-state index is 12.7. The second-order valence-electron chi connectivity index (χ2n) is 7.25. The maximum absolute atomic E-state index is 12.7. The molecule has 35 heavy (non-hydrogen) atoms. The zero-order chi connectivity index (χ0) is 24.9. The molecule has 0 bridgehead atoms. The molecule has 0 radical (unpaired) electrons. The van der Waals surface area contributed by atoms with Crippen molar-refractivity contribution in [3.05, 3.63) is 90.0 Å². The minimum Gasteiger partial charge on any atom is -0.490 e. The summed E-state index contributed by atoms with van der Waals surface area (Å²) in [5.41, 5.74) is 6.34. The molecule has 0 aliphatic rings. The molecule has 0 atom stereocenters. The van der Waals surface area contributed by atoms with Gasteiger partial charge in [-0.3, -0.25) is 25.8 Å². The zero-order valence-corrected chi connectivity index (χ0v) is 20.1. The van der Waals surface area contributed by atoms with Crippen LogP contribution in [0.5, 0.6) is 17.2 Å². The molecule has 3 aromatic carbocycles. The number of hydrogen-bond donors (Lipinski definition) is 3. The van der Waals surface area contributed by atoms with Crippen LogP contribution in [0.3, 0.4) is 0 Å². The number of benzene rings is 3. The summed E-state index contributed by atoms with van der Waals surface area (Å²) in [6.45, 7) is 2.41. The van der Waals surface area contributed by atoms with Crippen molar-refractivity contribution in [3.8, 4) is 17.2 Å². The minimum absolute atomic E-state index is 0.0714. The normalized spacial score (nSPS) is 10.1. The van der Waals surface area contributed by atoms with E-state index >= 15 is 0 Å². The first-order chi connectivity index (χ1) is 17.0. The topological polar surface area (TPSA) is 97.9 Å². The lowest BCUT2D eigenvalue weighted by Crippen LogP contribution is -2.49. The molecule has 0 aliphatic heterocycles. The Labute approximate surface area is 209 Å². The van der Waals surface area contributed by atoms with Gasteiger partial charge in [-0.25, -0.2) is 0 Å². The number of para-hydroxylation sites is 2. The number of thiocarbonyl (C=S) groups is 1. The summed E-state index contributed by atoms with van der Waals surface area (Å²) in [6.07, 6.45) is 0.924. The van der Waals surface area contributed by atoms with Gasteiger partial charge in [0.1, 0.15) is 30.5 Å². The molecule has 2 amide bonds. The molecule has 0 unspecified atom stereocenters. The molecule has 3 aromatic rings. The quantitative estimate of drug-likeness (QED) is 0.226. The summed E-state index contributed by atoms with van der Waals surface area (Å²) in [4.78, 5) is 24.7. The van der Waals surface area contributed by atoms with Crippen molar-refractivity contribution >= 4 is 29.1 Å². The fourth-order valence-electron chi connectivity index (χ4n) is 2.94. The Morgan fingerprint density at radius 2 is 1.43 bits per heavy atom. The largest absolute Gasteiger partial charge is 0.490 e. The molecule has 0 aliphatic carbocycles. The van der Waals surface area contributed by atoms with Crippen molar-refractivity contribution in [2.45, 2.75) is 13.3 Å². The lowest BCUT2D eigenvalue weighted by Gasteiger charge is -2.14. The van der Waals surface area contributed by atoms with Crippen LogP contribution in [0.1, 0.15) is 22.8 Å². The predicted octanol–water partition coefficient (Wildman–Crippen LogP) is 3.42. The van der Waals surface area contributed by atoms with Crippen molar-refractivity contribution in [1.29, 1.82) is 0 Å². The van der Waals surface area contributed by atoms with E-state index in [-0.39, 0.29) is 18.3 Å². The van der Waals surface area contributed by atoms with E-state index in [9.17, 15) is 9.59 Å². The number of carbonyl (C=O) groups excluding carboxylic acids is 2. The van der Waals surface area contributed by atoms with E-state index in [1.54, 1.807) is 36.4 Å². The molecule has 8 nitrogen and oxygen atoms in total. The highest BCUT2D eigenvalue weighted by molar-refractivity contribution is 7.80. The third kappa shape index (κ3) is 8.63. The Morgan fingerprint density at radius 3 is 2.17 bits per heavy atom. The molecule has 0 aromatic heterocycles. The second kappa shape index (κ2) is 13.6. The highest BCUT2D eigenvalue weighted by Gasteiger charge is 2.14. The number of rotatable bonds is 10. The molecule has 3 N–H and O–H groups in total. The van der Waals surface area contributed by atoms with Gasteiger partial charge in [0, 0.05) is 0 Å². The first-order valence-corrected chi connectivity index (χ1v) is 11.5. The number of carbonyl (C=O) groups is 2. The van der Waals surface area contributed by atoms with Gasteiger partial charge in [-0.2, -0.15) is 0 Å². The van der Waals surface area contributed by atoms with E-state index < -0.39 is 11.8 Å². The minimum atomic E-state index is -0.483. The van der Waals surface area contributed by atoms with Crippen molar-refractivity contribution in [3.63, 3.8) is 0 Å². The van der Waals surface area contributed by atoms with Crippen LogP contribution >= 0.6 is 12.2 Å². The van der Waals surface area contributed by atoms with E-state index in [0.29, 0.717) is 23.7 Å². The molecule has 0 saturated heterocycles. The zero-order valence-electron chi connectivity index (χ0n) is 19.3. The maximum Gasteiger partial charge on any atom is 0.276 e. The van der Waals surface area contributed by atoms with Crippen molar-refractivity contribution in [2.24, 2.45) is 0 Å². The molecular weight excluding hydrogens is 466 g/mol. The van der Waals surface area contributed by atoms with Gasteiger partial charge in [0.25, 0.3) is 11.8 Å². The van der Waals surface area contributed by atoms with Crippen LogP contribution in [0, 0.1) is 0 Å². The van der Waals surface area contributed by atoms with Gasteiger partial charge in [-0.1, -0.05) is 49.4 Å². The summed E-state index contributed by atoms with van der Waals surface area (Å²) in [7, 11) is 0. The molecule has 9 heteroatoms. The van der Waals surface area contributed by atoms with Gasteiger partial charge in [-0.15, -0.1) is 0 Å². The Balaban J connectivity index is 1.40. The summed E-state index contributed by atoms with van der Waals surface area (Å²) in [5.74, 6) is 0.766. The molecule has 0 heterocycles. The number of nitrogens with one attached hydrogen (secondary N) is 3. The first kappa shape index (κ1) is 25.5. The number of amides is 2. The summed E-state index contributed by atoms with van der Waals surface area (Å²) in [5, 5.41) is 2.44. The average Bonchev–Trinajstić information content (AvgIpc) is 2.89. The lowest BCUT2D eigenvalue weighted by atomic mass is 10.2. The van der Waals surface area contributed by atoms with Crippen LogP contribution in [-0.4, -0.2) is 36.7 Å². The highest BCUT2D eigenvalue weighted by atomic mass is 32.1. The van der Waals surface area contributed by atoms with E-state index in [1.165, 1.54) is 5.56 Å². The smallest absolute Gasteiger partial charge is 0.276 e. The standard InChI is InChI=1S/C26H27N3O5S/c1-2-19-12-14-21(15-13-19)34-18-24(30)28-29-26(35)27-25(31)22-10-6-7-11-23(22)33-17-16-32-20-8-4-3-5-9-20/h3-15H,2,16-18H2,1H3,(H,28,30)(H2,27,29,31,35). The van der Waals surface area contributed by atoms with E-state index in [2.05, 4.69) is 23.1 Å². The van der Waals surface area contributed by atoms with Gasteiger partial charge in [-0.05, 0) is 60.6 Å². The number of ether oxygens (including phenoxy) is 3. The molecule has 0 fully saturated rings. The van der Waals surface area contributed by atoms with Crippen LogP contribution in [0.25, 0.3) is 0 Å². The average molecular weight is 494 g/mol. The SMILES string of the molecule is CCc1ccc(OCC(=O)NNC(=S)NC(=O)c2ccccc2OCCOc2ccccc2)cc1. The van der Waals surface area contributed by atoms with Gasteiger partial charge >= 0.3 is 0 Å².